The van der Waals surface area contributed by atoms with Crippen LogP contribution in [0.5, 0.6) is 5.88 Å². The lowest BCUT2D eigenvalue weighted by Crippen LogP contribution is -2.04. The average Bonchev–Trinajstić information content (AvgIpc) is 3.19. The van der Waals surface area contributed by atoms with Crippen molar-refractivity contribution in [2.24, 2.45) is 0 Å². The first-order chi connectivity index (χ1) is 14.0. The fraction of sp³-hybridized carbons (Fsp3) is 0.182. The van der Waals surface area contributed by atoms with Gasteiger partial charge in [-0.05, 0) is 36.2 Å². The normalized spacial score (nSPS) is 11.1. The molecule has 0 unspecified atom stereocenters. The summed E-state index contributed by atoms with van der Waals surface area (Å²) in [6, 6.07) is 15.5. The van der Waals surface area contributed by atoms with Crippen molar-refractivity contribution in [3.05, 3.63) is 85.5 Å². The SMILES string of the molecule is COC(=O)c1ccc(Cn2c(C)c(Cc3sc(=O)[nH]c3O)c3ccccc32)cc1. The van der Waals surface area contributed by atoms with Crippen LogP contribution in [-0.2, 0) is 17.7 Å². The molecule has 0 bridgehead atoms. The molecule has 0 amide bonds. The number of hydrogen-bond acceptors (Lipinski definition) is 5. The summed E-state index contributed by atoms with van der Waals surface area (Å²) in [6.07, 6.45) is 0.482. The minimum atomic E-state index is -0.355. The number of H-pyrrole nitrogens is 1. The Morgan fingerprint density at radius 2 is 1.90 bits per heavy atom. The first-order valence-electron chi connectivity index (χ1n) is 9.13. The summed E-state index contributed by atoms with van der Waals surface area (Å²) in [5.41, 5.74) is 4.81. The molecule has 0 radical (unpaired) electrons. The van der Waals surface area contributed by atoms with Gasteiger partial charge in [0.1, 0.15) is 0 Å². The van der Waals surface area contributed by atoms with Crippen LogP contribution in [-0.4, -0.2) is 27.7 Å². The molecule has 0 aliphatic rings. The molecule has 0 aliphatic carbocycles. The highest BCUT2D eigenvalue weighted by Gasteiger charge is 2.17. The second kappa shape index (κ2) is 7.60. The van der Waals surface area contributed by atoms with Crippen molar-refractivity contribution in [2.75, 3.05) is 7.11 Å². The molecule has 0 atom stereocenters. The van der Waals surface area contributed by atoms with Gasteiger partial charge < -0.3 is 14.4 Å². The van der Waals surface area contributed by atoms with Crippen molar-refractivity contribution in [3.8, 4) is 5.88 Å². The third kappa shape index (κ3) is 3.56. The Hall–Kier alpha value is -3.32. The van der Waals surface area contributed by atoms with Gasteiger partial charge in [0.25, 0.3) is 0 Å². The fourth-order valence-electron chi connectivity index (χ4n) is 3.61. The zero-order chi connectivity index (χ0) is 20.5. The second-order valence-electron chi connectivity index (χ2n) is 6.82. The van der Waals surface area contributed by atoms with Crippen LogP contribution in [0.1, 0.15) is 32.1 Å². The monoisotopic (exact) mass is 408 g/mol. The largest absolute Gasteiger partial charge is 0.494 e. The lowest BCUT2D eigenvalue weighted by molar-refractivity contribution is 0.0600. The number of fused-ring (bicyclic) bond motifs is 1. The molecule has 29 heavy (non-hydrogen) atoms. The molecule has 148 valence electrons. The van der Waals surface area contributed by atoms with Gasteiger partial charge in [0, 0.05) is 29.6 Å². The summed E-state index contributed by atoms with van der Waals surface area (Å²) in [5, 5.41) is 11.1. The molecule has 0 spiro atoms. The van der Waals surface area contributed by atoms with Crippen molar-refractivity contribution in [2.45, 2.75) is 19.9 Å². The summed E-state index contributed by atoms with van der Waals surface area (Å²) >= 11 is 1.03. The van der Waals surface area contributed by atoms with Gasteiger partial charge >= 0.3 is 10.8 Å². The molecule has 0 fully saturated rings. The number of hydrogen-bond donors (Lipinski definition) is 2. The van der Waals surface area contributed by atoms with E-state index < -0.39 is 0 Å². The molecular formula is C22H20N2O4S. The summed E-state index contributed by atoms with van der Waals surface area (Å²) in [6.45, 7) is 2.69. The van der Waals surface area contributed by atoms with Crippen molar-refractivity contribution in [3.63, 3.8) is 0 Å². The Morgan fingerprint density at radius 3 is 2.55 bits per heavy atom. The number of rotatable bonds is 5. The predicted octanol–water partition coefficient (Wildman–Crippen LogP) is 3.83. The van der Waals surface area contributed by atoms with Gasteiger partial charge in [0.05, 0.1) is 17.6 Å². The molecule has 4 aromatic rings. The molecule has 6 nitrogen and oxygen atoms in total. The Bertz CT molecular complexity index is 1250. The van der Waals surface area contributed by atoms with E-state index in [4.69, 9.17) is 4.74 Å². The van der Waals surface area contributed by atoms with Gasteiger partial charge in [-0.2, -0.15) is 0 Å². The van der Waals surface area contributed by atoms with E-state index in [1.807, 2.05) is 31.2 Å². The molecule has 0 aliphatic heterocycles. The second-order valence-corrected chi connectivity index (χ2v) is 7.89. The maximum Gasteiger partial charge on any atom is 0.337 e. The lowest BCUT2D eigenvalue weighted by Gasteiger charge is -2.10. The van der Waals surface area contributed by atoms with Crippen LogP contribution >= 0.6 is 11.3 Å². The summed E-state index contributed by atoms with van der Waals surface area (Å²) < 4.78 is 6.97. The van der Waals surface area contributed by atoms with E-state index in [9.17, 15) is 14.7 Å². The van der Waals surface area contributed by atoms with Crippen molar-refractivity contribution >= 4 is 28.2 Å². The smallest absolute Gasteiger partial charge is 0.337 e. The molecule has 2 N–H and O–H groups in total. The number of benzene rings is 2. The number of aromatic hydroxyl groups is 1. The number of aromatic amines is 1. The number of ether oxygens (including phenoxy) is 1. The van der Waals surface area contributed by atoms with Gasteiger partial charge in [0.15, 0.2) is 0 Å². The van der Waals surface area contributed by atoms with E-state index in [2.05, 4.69) is 21.7 Å². The van der Waals surface area contributed by atoms with Crippen molar-refractivity contribution in [1.82, 2.24) is 9.55 Å². The van der Waals surface area contributed by atoms with Crippen LogP contribution in [0, 0.1) is 6.92 Å². The van der Waals surface area contributed by atoms with E-state index in [0.717, 1.165) is 39.1 Å². The number of thiazole rings is 1. The summed E-state index contributed by atoms with van der Waals surface area (Å²) in [5.74, 6) is -0.415. The van der Waals surface area contributed by atoms with Crippen molar-refractivity contribution in [1.29, 1.82) is 0 Å². The zero-order valence-electron chi connectivity index (χ0n) is 16.1. The van der Waals surface area contributed by atoms with E-state index in [-0.39, 0.29) is 16.7 Å². The Balaban J connectivity index is 1.73. The van der Waals surface area contributed by atoms with Gasteiger partial charge in [-0.1, -0.05) is 41.7 Å². The van der Waals surface area contributed by atoms with Crippen LogP contribution in [0.4, 0.5) is 0 Å². The quantitative estimate of drug-likeness (QED) is 0.492. The van der Waals surface area contributed by atoms with Crippen LogP contribution in [0.25, 0.3) is 10.9 Å². The van der Waals surface area contributed by atoms with Gasteiger partial charge in [-0.3, -0.25) is 9.78 Å². The predicted molar refractivity (Wildman–Crippen MR) is 113 cm³/mol. The van der Waals surface area contributed by atoms with Gasteiger partial charge in [0.2, 0.25) is 5.88 Å². The van der Waals surface area contributed by atoms with Crippen LogP contribution < -0.4 is 4.87 Å². The number of carbonyl (C=O) groups excluding carboxylic acids is 1. The molecule has 2 heterocycles. The highest BCUT2D eigenvalue weighted by Crippen LogP contribution is 2.31. The minimum Gasteiger partial charge on any atom is -0.494 e. The van der Waals surface area contributed by atoms with E-state index in [1.54, 1.807) is 12.1 Å². The number of nitrogens with one attached hydrogen (secondary N) is 1. The molecular weight excluding hydrogens is 388 g/mol. The molecule has 2 aromatic carbocycles. The third-order valence-electron chi connectivity index (χ3n) is 5.12. The lowest BCUT2D eigenvalue weighted by atomic mass is 10.1. The van der Waals surface area contributed by atoms with E-state index in [1.165, 1.54) is 7.11 Å². The number of nitrogens with zero attached hydrogens (tertiary/aromatic N) is 1. The summed E-state index contributed by atoms with van der Waals surface area (Å²) in [4.78, 5) is 26.0. The van der Waals surface area contributed by atoms with Crippen LogP contribution in [0.3, 0.4) is 0 Å². The summed E-state index contributed by atoms with van der Waals surface area (Å²) in [7, 11) is 1.37. The first-order valence-corrected chi connectivity index (χ1v) is 9.94. The number of methoxy groups -OCH3 is 1. The highest BCUT2D eigenvalue weighted by atomic mass is 32.1. The van der Waals surface area contributed by atoms with Crippen LogP contribution in [0.2, 0.25) is 0 Å². The Labute approximate surface area is 171 Å². The molecule has 4 rings (SSSR count). The third-order valence-corrected chi connectivity index (χ3v) is 5.99. The maximum absolute atomic E-state index is 11.6. The first kappa shape index (κ1) is 19.0. The molecule has 0 saturated carbocycles. The average molecular weight is 408 g/mol. The molecule has 0 saturated heterocycles. The van der Waals surface area contributed by atoms with Crippen molar-refractivity contribution < 1.29 is 14.6 Å². The maximum atomic E-state index is 11.6. The standard InChI is InChI=1S/C22H20N2O4S/c1-13-17(11-19-20(25)23-22(27)29-19)16-5-3-4-6-18(16)24(13)12-14-7-9-15(10-8-14)21(26)28-2/h3-10,25H,11-12H2,1-2H3,(H,23,27). The number of aromatic nitrogens is 2. The van der Waals surface area contributed by atoms with E-state index in [0.29, 0.717) is 23.4 Å². The fourth-order valence-corrected chi connectivity index (χ4v) is 4.34. The highest BCUT2D eigenvalue weighted by molar-refractivity contribution is 7.09. The number of para-hydroxylation sites is 1. The van der Waals surface area contributed by atoms with Gasteiger partial charge in [-0.15, -0.1) is 0 Å². The van der Waals surface area contributed by atoms with Gasteiger partial charge in [-0.25, -0.2) is 4.79 Å². The Kier molecular flexibility index (Phi) is 4.98. The van der Waals surface area contributed by atoms with Crippen LogP contribution in [0.15, 0.2) is 53.3 Å². The Morgan fingerprint density at radius 1 is 1.17 bits per heavy atom. The number of esters is 1. The van der Waals surface area contributed by atoms with E-state index >= 15 is 0 Å². The number of carbonyl (C=O) groups is 1. The molecule has 7 heteroatoms. The zero-order valence-corrected chi connectivity index (χ0v) is 16.9. The topological polar surface area (TPSA) is 84.3 Å². The minimum absolute atomic E-state index is 0.0605. The molecule has 2 aromatic heterocycles.